The molecule has 0 unspecified atom stereocenters. The second kappa shape index (κ2) is 11.1. The van der Waals surface area contributed by atoms with E-state index in [2.05, 4.69) is 10.4 Å². The van der Waals surface area contributed by atoms with Crippen LogP contribution in [0.25, 0.3) is 0 Å². The van der Waals surface area contributed by atoms with Gasteiger partial charge in [-0.2, -0.15) is 22.6 Å². The van der Waals surface area contributed by atoms with Gasteiger partial charge >= 0.3 is 6.18 Å². The van der Waals surface area contributed by atoms with Crippen LogP contribution in [-0.4, -0.2) is 66.0 Å². The Kier molecular flexibility index (Phi) is 8.14. The first kappa shape index (κ1) is 28.7. The van der Waals surface area contributed by atoms with E-state index in [0.29, 0.717) is 33.8 Å². The van der Waals surface area contributed by atoms with E-state index in [1.54, 1.807) is 50.1 Å². The maximum Gasteiger partial charge on any atom is 0.390 e. The van der Waals surface area contributed by atoms with Crippen molar-refractivity contribution in [2.75, 3.05) is 31.5 Å². The van der Waals surface area contributed by atoms with Crippen molar-refractivity contribution in [3.63, 3.8) is 0 Å². The number of rotatable bonds is 8. The largest absolute Gasteiger partial charge is 0.390 e. The smallest absolute Gasteiger partial charge is 0.355 e. The van der Waals surface area contributed by atoms with Crippen LogP contribution in [-0.2, 0) is 17.1 Å². The monoisotopic (exact) mass is 566 g/mol. The number of aryl methyl sites for hydroxylation is 2. The fourth-order valence-corrected chi connectivity index (χ4v) is 6.36. The first-order valence-corrected chi connectivity index (χ1v) is 13.7. The van der Waals surface area contributed by atoms with E-state index in [1.807, 2.05) is 0 Å². The number of piperazine rings is 1. The van der Waals surface area contributed by atoms with Crippen molar-refractivity contribution in [3.05, 3.63) is 70.8 Å². The first-order chi connectivity index (χ1) is 18.3. The van der Waals surface area contributed by atoms with Crippen LogP contribution in [0.2, 0.25) is 0 Å². The Balaban J connectivity index is 1.70. The van der Waals surface area contributed by atoms with Crippen LogP contribution < -0.4 is 5.32 Å². The second-order valence-corrected chi connectivity index (χ2v) is 11.5. The number of nitrogens with one attached hydrogen (secondary N) is 2. The topological polar surface area (TPSA) is 94.3 Å². The molecule has 1 aliphatic rings. The van der Waals surface area contributed by atoms with Gasteiger partial charge in [-0.15, -0.1) is 0 Å². The van der Waals surface area contributed by atoms with E-state index in [1.165, 1.54) is 27.3 Å². The lowest BCUT2D eigenvalue weighted by Crippen LogP contribution is -2.51. The maximum atomic E-state index is 13.5. The van der Waals surface area contributed by atoms with Crippen LogP contribution in [0, 0.1) is 25.1 Å². The van der Waals surface area contributed by atoms with E-state index in [0.717, 1.165) is 6.21 Å². The third-order valence-corrected chi connectivity index (χ3v) is 8.99. The molecule has 0 saturated carbocycles. The summed E-state index contributed by atoms with van der Waals surface area (Å²) in [6.45, 7) is 3.23. The van der Waals surface area contributed by atoms with Crippen LogP contribution in [0.3, 0.4) is 0 Å². The Labute approximate surface area is 224 Å². The number of halogens is 4. The number of anilines is 2. The minimum absolute atomic E-state index is 0.0334. The van der Waals surface area contributed by atoms with Crippen molar-refractivity contribution in [2.24, 2.45) is 7.05 Å². The van der Waals surface area contributed by atoms with Gasteiger partial charge in [0.1, 0.15) is 10.7 Å². The molecule has 2 aromatic carbocycles. The molecule has 0 bridgehead atoms. The highest BCUT2D eigenvalue weighted by atomic mass is 32.2. The molecule has 1 saturated heterocycles. The van der Waals surface area contributed by atoms with Crippen LogP contribution in [0.4, 0.5) is 28.9 Å². The van der Waals surface area contributed by atoms with Gasteiger partial charge in [-0.3, -0.25) is 9.58 Å². The Morgan fingerprint density at radius 1 is 1.15 bits per heavy atom. The predicted octanol–water partition coefficient (Wildman–Crippen LogP) is 4.92. The number of alkyl halides is 3. The molecule has 8 nitrogen and oxygen atoms in total. The van der Waals surface area contributed by atoms with E-state index < -0.39 is 34.5 Å². The molecule has 0 spiro atoms. The zero-order valence-electron chi connectivity index (χ0n) is 21.8. The summed E-state index contributed by atoms with van der Waals surface area (Å²) in [7, 11) is -2.31. The predicted molar refractivity (Wildman–Crippen MR) is 140 cm³/mol. The molecule has 210 valence electrons. The van der Waals surface area contributed by atoms with E-state index in [4.69, 9.17) is 5.41 Å². The molecule has 1 aromatic heterocycles. The van der Waals surface area contributed by atoms with Crippen LogP contribution in [0.15, 0.2) is 47.5 Å². The summed E-state index contributed by atoms with van der Waals surface area (Å²) >= 11 is 0. The average molecular weight is 567 g/mol. The fraction of sp³-hybridized carbons (Fsp3) is 0.385. The minimum Gasteiger partial charge on any atom is -0.355 e. The van der Waals surface area contributed by atoms with Gasteiger partial charge in [0.2, 0.25) is 10.0 Å². The van der Waals surface area contributed by atoms with Gasteiger partial charge in [0.05, 0.1) is 18.3 Å². The van der Waals surface area contributed by atoms with Crippen molar-refractivity contribution in [2.45, 2.75) is 37.4 Å². The molecule has 13 heteroatoms. The summed E-state index contributed by atoms with van der Waals surface area (Å²) in [5, 5.41) is 15.1. The SMILES string of the molecule is Cc1cc(Nc2ccc(F)cc2)c(C=N)cc1[C@H]1CN(S(=O)(=O)c2cnn(C)c2C)CCN1CCC(F)(F)F. The molecule has 4 rings (SSSR count). The van der Waals surface area contributed by atoms with E-state index >= 15 is 0 Å². The number of nitrogens with zero attached hydrogens (tertiary/aromatic N) is 4. The summed E-state index contributed by atoms with van der Waals surface area (Å²) in [6.07, 6.45) is -2.99. The molecule has 2 heterocycles. The zero-order valence-corrected chi connectivity index (χ0v) is 22.6. The van der Waals surface area contributed by atoms with Crippen LogP contribution >= 0.6 is 0 Å². The van der Waals surface area contributed by atoms with Crippen molar-refractivity contribution >= 4 is 27.6 Å². The third kappa shape index (κ3) is 6.31. The number of sulfonamides is 1. The lowest BCUT2D eigenvalue weighted by atomic mass is 9.94. The molecule has 1 aliphatic heterocycles. The first-order valence-electron chi connectivity index (χ1n) is 12.3. The Bertz CT molecular complexity index is 1450. The van der Waals surface area contributed by atoms with Gasteiger partial charge in [-0.25, -0.2) is 12.8 Å². The van der Waals surface area contributed by atoms with Crippen molar-refractivity contribution in [1.82, 2.24) is 19.0 Å². The fourth-order valence-electron chi connectivity index (χ4n) is 4.74. The molecular weight excluding hydrogens is 536 g/mol. The van der Waals surface area contributed by atoms with E-state index in [9.17, 15) is 26.0 Å². The molecule has 1 fully saturated rings. The molecule has 0 aliphatic carbocycles. The van der Waals surface area contributed by atoms with Crippen molar-refractivity contribution in [1.29, 1.82) is 5.41 Å². The van der Waals surface area contributed by atoms with E-state index in [-0.39, 0.29) is 31.1 Å². The Morgan fingerprint density at radius 2 is 1.85 bits per heavy atom. The summed E-state index contributed by atoms with van der Waals surface area (Å²) < 4.78 is 82.6. The number of hydrogen-bond acceptors (Lipinski definition) is 6. The highest BCUT2D eigenvalue weighted by Crippen LogP contribution is 2.35. The molecule has 3 aromatic rings. The molecule has 2 N–H and O–H groups in total. The van der Waals surface area contributed by atoms with Gasteiger partial charge in [-0.1, -0.05) is 0 Å². The van der Waals surface area contributed by atoms with Gasteiger partial charge in [-0.05, 0) is 61.4 Å². The maximum absolute atomic E-state index is 13.5. The average Bonchev–Trinajstić information content (AvgIpc) is 3.22. The molecular formula is C26H30F4N6O2S. The van der Waals surface area contributed by atoms with Crippen molar-refractivity contribution < 1.29 is 26.0 Å². The Hall–Kier alpha value is -3.29. The standard InChI is InChI=1S/C26H30F4N6O2S/c1-17-12-23(33-21-6-4-20(27)5-7-21)19(14-31)13-22(17)24-16-36(11-10-35(24)9-8-26(28,29)30)39(37,38)25-15-32-34(3)18(25)2/h4-7,12-15,24,31,33H,8-11,16H2,1-3H3/t24-/m1/s1. The summed E-state index contributed by atoms with van der Waals surface area (Å²) in [5.74, 6) is -0.392. The lowest BCUT2D eigenvalue weighted by Gasteiger charge is -2.41. The van der Waals surface area contributed by atoms with Gasteiger partial charge in [0, 0.05) is 62.4 Å². The summed E-state index contributed by atoms with van der Waals surface area (Å²) in [5.41, 5.74) is 3.42. The number of hydrogen-bond donors (Lipinski definition) is 2. The van der Waals surface area contributed by atoms with Crippen LogP contribution in [0.1, 0.15) is 34.8 Å². The molecule has 39 heavy (non-hydrogen) atoms. The number of benzene rings is 2. The quantitative estimate of drug-likeness (QED) is 0.298. The van der Waals surface area contributed by atoms with Crippen LogP contribution in [0.5, 0.6) is 0 Å². The Morgan fingerprint density at radius 3 is 2.44 bits per heavy atom. The normalized spacial score (nSPS) is 17.4. The zero-order chi connectivity index (χ0) is 28.5. The minimum atomic E-state index is -4.36. The number of aromatic nitrogens is 2. The van der Waals surface area contributed by atoms with Gasteiger partial charge in [0.15, 0.2) is 0 Å². The van der Waals surface area contributed by atoms with Gasteiger partial charge in [0.25, 0.3) is 0 Å². The highest BCUT2D eigenvalue weighted by molar-refractivity contribution is 7.89. The lowest BCUT2D eigenvalue weighted by molar-refractivity contribution is -0.140. The second-order valence-electron chi connectivity index (χ2n) is 9.57. The molecule has 1 atom stereocenters. The molecule has 0 radical (unpaired) electrons. The van der Waals surface area contributed by atoms with Crippen molar-refractivity contribution in [3.8, 4) is 0 Å². The van der Waals surface area contributed by atoms with Gasteiger partial charge < -0.3 is 10.7 Å². The summed E-state index contributed by atoms with van der Waals surface area (Å²) in [6, 6.07) is 8.49. The molecule has 0 amide bonds. The summed E-state index contributed by atoms with van der Waals surface area (Å²) in [4.78, 5) is 1.71. The third-order valence-electron chi connectivity index (χ3n) is 7.02. The highest BCUT2D eigenvalue weighted by Gasteiger charge is 2.38.